The van der Waals surface area contributed by atoms with Crippen LogP contribution in [0.25, 0.3) is 0 Å². The van der Waals surface area contributed by atoms with Crippen LogP contribution in [0.2, 0.25) is 5.02 Å². The molecule has 0 unspecified atom stereocenters. The number of carbonyl (C=O) groups is 2. The fraction of sp³-hybridized carbons (Fsp3) is 0.467. The maximum Gasteiger partial charge on any atom is 0.224 e. The Hall–Kier alpha value is -1.55. The predicted molar refractivity (Wildman–Crippen MR) is 76.1 cm³/mol. The van der Waals surface area contributed by atoms with Crippen molar-refractivity contribution in [2.24, 2.45) is 0 Å². The van der Waals surface area contributed by atoms with E-state index in [1.807, 2.05) is 34.1 Å². The average molecular weight is 293 g/mol. The predicted octanol–water partition coefficient (Wildman–Crippen LogP) is 2.58. The lowest BCUT2D eigenvalue weighted by Gasteiger charge is -2.35. The summed E-state index contributed by atoms with van der Waals surface area (Å²) < 4.78 is 0. The Kier molecular flexibility index (Phi) is 3.66. The van der Waals surface area contributed by atoms with E-state index in [0.29, 0.717) is 17.9 Å². The summed E-state index contributed by atoms with van der Waals surface area (Å²) in [6, 6.07) is 7.43. The van der Waals surface area contributed by atoms with Crippen molar-refractivity contribution in [2.75, 3.05) is 13.1 Å². The van der Waals surface area contributed by atoms with Crippen molar-refractivity contribution in [1.29, 1.82) is 0 Å². The number of halogens is 1. The summed E-state index contributed by atoms with van der Waals surface area (Å²) in [4.78, 5) is 27.8. The van der Waals surface area contributed by atoms with Gasteiger partial charge < -0.3 is 9.80 Å². The highest BCUT2D eigenvalue weighted by Gasteiger charge is 2.37. The Morgan fingerprint density at radius 3 is 1.80 bits per heavy atom. The highest BCUT2D eigenvalue weighted by molar-refractivity contribution is 6.30. The van der Waals surface area contributed by atoms with Gasteiger partial charge in [-0.15, -0.1) is 0 Å². The Balaban J connectivity index is 1.96. The molecule has 0 bridgehead atoms. The number of nitrogens with zero attached hydrogens (tertiary/aromatic N) is 2. The van der Waals surface area contributed by atoms with E-state index in [-0.39, 0.29) is 18.0 Å². The third-order valence-corrected chi connectivity index (χ3v) is 4.23. The smallest absolute Gasteiger partial charge is 0.224 e. The zero-order valence-corrected chi connectivity index (χ0v) is 12.0. The van der Waals surface area contributed by atoms with Crippen molar-refractivity contribution >= 4 is 23.4 Å². The molecule has 2 fully saturated rings. The molecule has 5 heteroatoms. The molecule has 0 saturated carbocycles. The van der Waals surface area contributed by atoms with E-state index in [2.05, 4.69) is 0 Å². The first kappa shape index (κ1) is 13.4. The molecule has 0 spiro atoms. The molecule has 0 radical (unpaired) electrons. The van der Waals surface area contributed by atoms with Gasteiger partial charge in [-0.3, -0.25) is 9.59 Å². The van der Waals surface area contributed by atoms with Crippen molar-refractivity contribution in [3.05, 3.63) is 34.9 Å². The number of benzene rings is 1. The number of likely N-dealkylation sites (tertiary alicyclic amines) is 2. The average Bonchev–Trinajstić information content (AvgIpc) is 3.03. The van der Waals surface area contributed by atoms with Crippen LogP contribution in [0.5, 0.6) is 0 Å². The Morgan fingerprint density at radius 1 is 0.900 bits per heavy atom. The largest absolute Gasteiger partial charge is 0.318 e. The lowest BCUT2D eigenvalue weighted by Crippen LogP contribution is -2.42. The lowest BCUT2D eigenvalue weighted by atomic mass is 10.1. The highest BCUT2D eigenvalue weighted by atomic mass is 35.5. The van der Waals surface area contributed by atoms with Gasteiger partial charge >= 0.3 is 0 Å². The van der Waals surface area contributed by atoms with E-state index in [9.17, 15) is 9.59 Å². The van der Waals surface area contributed by atoms with E-state index in [4.69, 9.17) is 11.6 Å². The SMILES string of the molecule is O=C1CCCN1C(c1ccc(Cl)cc1)N1CCCC1=O. The second kappa shape index (κ2) is 5.44. The third-order valence-electron chi connectivity index (χ3n) is 3.98. The quantitative estimate of drug-likeness (QED) is 0.859. The minimum atomic E-state index is -0.266. The van der Waals surface area contributed by atoms with Gasteiger partial charge in [0.1, 0.15) is 6.17 Å². The lowest BCUT2D eigenvalue weighted by molar-refractivity contribution is -0.140. The summed E-state index contributed by atoms with van der Waals surface area (Å²) in [5, 5.41) is 0.660. The van der Waals surface area contributed by atoms with Crippen molar-refractivity contribution < 1.29 is 9.59 Å². The molecule has 2 heterocycles. The summed E-state index contributed by atoms with van der Waals surface area (Å²) >= 11 is 5.93. The molecule has 0 N–H and O–H groups in total. The van der Waals surface area contributed by atoms with Gasteiger partial charge in [-0.2, -0.15) is 0 Å². The van der Waals surface area contributed by atoms with Crippen LogP contribution in [-0.2, 0) is 9.59 Å². The Labute approximate surface area is 123 Å². The summed E-state index contributed by atoms with van der Waals surface area (Å²) in [7, 11) is 0. The van der Waals surface area contributed by atoms with Gasteiger partial charge in [0.2, 0.25) is 11.8 Å². The second-order valence-electron chi connectivity index (χ2n) is 5.31. The van der Waals surface area contributed by atoms with Crippen LogP contribution >= 0.6 is 11.6 Å². The van der Waals surface area contributed by atoms with E-state index < -0.39 is 0 Å². The maximum absolute atomic E-state index is 12.1. The molecule has 2 saturated heterocycles. The van der Waals surface area contributed by atoms with E-state index in [0.717, 1.165) is 31.5 Å². The first-order valence-electron chi connectivity index (χ1n) is 7.01. The van der Waals surface area contributed by atoms with Gasteiger partial charge in [-0.25, -0.2) is 0 Å². The number of carbonyl (C=O) groups excluding carboxylic acids is 2. The standard InChI is InChI=1S/C15H17ClN2O2/c16-12-7-5-11(6-8-12)15(17-9-1-3-13(17)19)18-10-2-4-14(18)20/h5-8,15H,1-4,9-10H2. The van der Waals surface area contributed by atoms with Gasteiger partial charge in [0.05, 0.1) is 0 Å². The first-order chi connectivity index (χ1) is 9.66. The number of hydrogen-bond acceptors (Lipinski definition) is 2. The molecule has 0 aliphatic carbocycles. The van der Waals surface area contributed by atoms with E-state index in [1.165, 1.54) is 0 Å². The topological polar surface area (TPSA) is 40.6 Å². The monoisotopic (exact) mass is 292 g/mol. The van der Waals surface area contributed by atoms with Gasteiger partial charge in [-0.05, 0) is 30.5 Å². The molecular weight excluding hydrogens is 276 g/mol. The van der Waals surface area contributed by atoms with Crippen LogP contribution in [-0.4, -0.2) is 34.7 Å². The molecule has 20 heavy (non-hydrogen) atoms. The van der Waals surface area contributed by atoms with Crippen LogP contribution in [0.15, 0.2) is 24.3 Å². The zero-order valence-electron chi connectivity index (χ0n) is 11.2. The maximum atomic E-state index is 12.1. The summed E-state index contributed by atoms with van der Waals surface area (Å²) in [5.74, 6) is 0.259. The third kappa shape index (κ3) is 2.40. The highest BCUT2D eigenvalue weighted by Crippen LogP contribution is 2.33. The molecule has 2 aliphatic rings. The molecule has 3 rings (SSSR count). The van der Waals surface area contributed by atoms with E-state index >= 15 is 0 Å². The normalized spacial score (nSPS) is 19.5. The number of rotatable bonds is 3. The molecule has 2 aliphatic heterocycles. The minimum absolute atomic E-state index is 0.129. The van der Waals surface area contributed by atoms with Crippen LogP contribution in [0.1, 0.15) is 37.4 Å². The first-order valence-corrected chi connectivity index (χ1v) is 7.39. The van der Waals surface area contributed by atoms with Gasteiger partial charge in [0.15, 0.2) is 0 Å². The fourth-order valence-corrected chi connectivity index (χ4v) is 3.14. The zero-order chi connectivity index (χ0) is 14.1. The van der Waals surface area contributed by atoms with Crippen molar-refractivity contribution in [3.8, 4) is 0 Å². The van der Waals surface area contributed by atoms with Crippen LogP contribution in [0.3, 0.4) is 0 Å². The Bertz CT molecular complexity index is 503. The molecule has 1 aromatic carbocycles. The van der Waals surface area contributed by atoms with Crippen LogP contribution < -0.4 is 0 Å². The minimum Gasteiger partial charge on any atom is -0.318 e. The summed E-state index contributed by atoms with van der Waals surface area (Å²) in [6.07, 6.45) is 2.62. The van der Waals surface area contributed by atoms with Crippen molar-refractivity contribution in [1.82, 2.24) is 9.80 Å². The number of amides is 2. The number of hydrogen-bond donors (Lipinski definition) is 0. The molecule has 0 aromatic heterocycles. The summed E-state index contributed by atoms with van der Waals surface area (Å²) in [5.41, 5.74) is 0.958. The molecule has 4 nitrogen and oxygen atoms in total. The van der Waals surface area contributed by atoms with E-state index in [1.54, 1.807) is 0 Å². The molecule has 2 amide bonds. The fourth-order valence-electron chi connectivity index (χ4n) is 3.02. The summed E-state index contributed by atoms with van der Waals surface area (Å²) in [6.45, 7) is 1.44. The van der Waals surface area contributed by atoms with Crippen molar-refractivity contribution in [3.63, 3.8) is 0 Å². The van der Waals surface area contributed by atoms with Gasteiger partial charge in [0, 0.05) is 31.0 Å². The second-order valence-corrected chi connectivity index (χ2v) is 5.74. The van der Waals surface area contributed by atoms with Crippen LogP contribution in [0.4, 0.5) is 0 Å². The molecular formula is C15H17ClN2O2. The van der Waals surface area contributed by atoms with Gasteiger partial charge in [0.25, 0.3) is 0 Å². The Morgan fingerprint density at radius 2 is 1.40 bits per heavy atom. The molecule has 0 atom stereocenters. The molecule has 1 aromatic rings. The molecule has 106 valence electrons. The van der Waals surface area contributed by atoms with Crippen molar-refractivity contribution in [2.45, 2.75) is 31.8 Å². The van der Waals surface area contributed by atoms with Gasteiger partial charge in [-0.1, -0.05) is 23.7 Å². The van der Waals surface area contributed by atoms with Crippen LogP contribution in [0, 0.1) is 0 Å².